The molecule has 1 aromatic carbocycles. The van der Waals surface area contributed by atoms with Crippen LogP contribution in [0.4, 0.5) is 5.82 Å². The molecule has 0 bridgehead atoms. The summed E-state index contributed by atoms with van der Waals surface area (Å²) in [6.07, 6.45) is 0. The van der Waals surface area contributed by atoms with Crippen LogP contribution in [0.1, 0.15) is 12.5 Å². The predicted octanol–water partition coefficient (Wildman–Crippen LogP) is 1.87. The predicted molar refractivity (Wildman–Crippen MR) is 68.6 cm³/mol. The molecule has 1 atom stereocenters. The zero-order valence-electron chi connectivity index (χ0n) is 9.64. The van der Waals surface area contributed by atoms with Crippen molar-refractivity contribution in [3.63, 3.8) is 0 Å². The maximum atomic E-state index is 9.08. The molecule has 0 fully saturated rings. The number of pyridine rings is 1. The van der Waals surface area contributed by atoms with Gasteiger partial charge in [-0.2, -0.15) is 5.26 Å². The fourth-order valence-corrected chi connectivity index (χ4v) is 1.59. The fourth-order valence-electron chi connectivity index (χ4n) is 1.59. The second kappa shape index (κ2) is 4.81. The molecule has 0 saturated carbocycles. The summed E-state index contributed by atoms with van der Waals surface area (Å²) in [6.45, 7) is 2.50. The van der Waals surface area contributed by atoms with E-state index in [1.165, 1.54) is 0 Å². The Morgan fingerprint density at radius 3 is 2.94 bits per heavy atom. The number of fused-ring (bicyclic) bond motifs is 1. The second-order valence-corrected chi connectivity index (χ2v) is 4.05. The summed E-state index contributed by atoms with van der Waals surface area (Å²) in [4.78, 5) is 4.43. The molecule has 1 aromatic heterocycles. The average molecular weight is 226 g/mol. The lowest BCUT2D eigenvalue weighted by molar-refractivity contribution is 0.777. The third-order valence-electron chi connectivity index (χ3n) is 2.44. The van der Waals surface area contributed by atoms with E-state index < -0.39 is 0 Å². The summed E-state index contributed by atoms with van der Waals surface area (Å²) < 4.78 is 0. The van der Waals surface area contributed by atoms with Gasteiger partial charge in [0.25, 0.3) is 0 Å². The number of hydrogen-bond donors (Lipinski definition) is 2. The van der Waals surface area contributed by atoms with E-state index in [0.29, 0.717) is 17.9 Å². The van der Waals surface area contributed by atoms with Gasteiger partial charge in [-0.05, 0) is 19.1 Å². The fraction of sp³-hybridized carbons (Fsp3) is 0.231. The molecule has 0 amide bonds. The van der Waals surface area contributed by atoms with E-state index in [1.54, 1.807) is 0 Å². The lowest BCUT2D eigenvalue weighted by atomic mass is 10.1. The zero-order valence-corrected chi connectivity index (χ0v) is 9.64. The summed E-state index contributed by atoms with van der Waals surface area (Å²) in [5.41, 5.74) is 7.09. The van der Waals surface area contributed by atoms with Crippen LogP contribution in [0.15, 0.2) is 30.3 Å². The second-order valence-electron chi connectivity index (χ2n) is 4.05. The van der Waals surface area contributed by atoms with Gasteiger partial charge in [-0.3, -0.25) is 0 Å². The van der Waals surface area contributed by atoms with E-state index in [4.69, 9.17) is 11.0 Å². The molecule has 4 heteroatoms. The first-order valence-corrected chi connectivity index (χ1v) is 5.50. The monoisotopic (exact) mass is 226 g/mol. The maximum absolute atomic E-state index is 9.08. The van der Waals surface area contributed by atoms with E-state index in [0.717, 1.165) is 10.9 Å². The van der Waals surface area contributed by atoms with Crippen LogP contribution in [0.3, 0.4) is 0 Å². The number of hydrogen-bond acceptors (Lipinski definition) is 4. The standard InChI is InChI=1S/C13H14N4/c1-9(15)8-16-13-11(7-14)6-10-4-2-3-5-12(10)17-13/h2-6,9H,8,15H2,1H3,(H,16,17). The van der Waals surface area contributed by atoms with Crippen LogP contribution in [-0.4, -0.2) is 17.6 Å². The lowest BCUT2D eigenvalue weighted by Gasteiger charge is -2.10. The molecule has 86 valence electrons. The van der Waals surface area contributed by atoms with Crippen LogP contribution in [0.25, 0.3) is 10.9 Å². The molecule has 1 heterocycles. The van der Waals surface area contributed by atoms with Gasteiger partial charge in [0.15, 0.2) is 0 Å². The number of para-hydroxylation sites is 1. The summed E-state index contributed by atoms with van der Waals surface area (Å²) in [5, 5.41) is 13.1. The van der Waals surface area contributed by atoms with E-state index in [2.05, 4.69) is 16.4 Å². The SMILES string of the molecule is CC(N)CNc1nc2ccccc2cc1C#N. The highest BCUT2D eigenvalue weighted by molar-refractivity contribution is 5.82. The number of nitrogens with two attached hydrogens (primary N) is 1. The summed E-state index contributed by atoms with van der Waals surface area (Å²) in [6, 6.07) is 11.7. The highest BCUT2D eigenvalue weighted by Gasteiger charge is 2.06. The lowest BCUT2D eigenvalue weighted by Crippen LogP contribution is -2.25. The number of anilines is 1. The highest BCUT2D eigenvalue weighted by atomic mass is 15.0. The van der Waals surface area contributed by atoms with Gasteiger partial charge in [-0.1, -0.05) is 18.2 Å². The minimum Gasteiger partial charge on any atom is -0.367 e. The van der Waals surface area contributed by atoms with Crippen molar-refractivity contribution in [1.82, 2.24) is 4.98 Å². The Morgan fingerprint density at radius 2 is 2.24 bits per heavy atom. The first-order valence-electron chi connectivity index (χ1n) is 5.50. The third kappa shape index (κ3) is 2.52. The van der Waals surface area contributed by atoms with Crippen LogP contribution >= 0.6 is 0 Å². The van der Waals surface area contributed by atoms with Gasteiger partial charge < -0.3 is 11.1 Å². The Bertz CT molecular complexity index is 569. The number of nitrogens with zero attached hydrogens (tertiary/aromatic N) is 2. The Kier molecular flexibility index (Phi) is 3.22. The molecule has 0 saturated heterocycles. The van der Waals surface area contributed by atoms with Crippen molar-refractivity contribution < 1.29 is 0 Å². The first kappa shape index (κ1) is 11.4. The van der Waals surface area contributed by atoms with E-state index >= 15 is 0 Å². The first-order chi connectivity index (χ1) is 8.20. The van der Waals surface area contributed by atoms with Crippen molar-refractivity contribution in [2.45, 2.75) is 13.0 Å². The summed E-state index contributed by atoms with van der Waals surface area (Å²) in [7, 11) is 0. The molecular formula is C13H14N4. The number of aromatic nitrogens is 1. The van der Waals surface area contributed by atoms with E-state index in [9.17, 15) is 0 Å². The van der Waals surface area contributed by atoms with Crippen molar-refractivity contribution in [1.29, 1.82) is 5.26 Å². The third-order valence-corrected chi connectivity index (χ3v) is 2.44. The van der Waals surface area contributed by atoms with Crippen molar-refractivity contribution in [3.05, 3.63) is 35.9 Å². The minimum absolute atomic E-state index is 0.0230. The van der Waals surface area contributed by atoms with Gasteiger partial charge in [0.05, 0.1) is 11.1 Å². The Morgan fingerprint density at radius 1 is 1.47 bits per heavy atom. The molecule has 0 spiro atoms. The van der Waals surface area contributed by atoms with Crippen molar-refractivity contribution in [2.75, 3.05) is 11.9 Å². The van der Waals surface area contributed by atoms with Crippen LogP contribution in [0, 0.1) is 11.3 Å². The Hall–Kier alpha value is -2.12. The van der Waals surface area contributed by atoms with Gasteiger partial charge in [0.1, 0.15) is 11.9 Å². The van der Waals surface area contributed by atoms with Crippen LogP contribution in [0.5, 0.6) is 0 Å². The van der Waals surface area contributed by atoms with Crippen LogP contribution in [-0.2, 0) is 0 Å². The molecule has 0 aliphatic carbocycles. The maximum Gasteiger partial charge on any atom is 0.144 e. The molecular weight excluding hydrogens is 212 g/mol. The number of rotatable bonds is 3. The van der Waals surface area contributed by atoms with Gasteiger partial charge in [0, 0.05) is 18.0 Å². The van der Waals surface area contributed by atoms with Crippen LogP contribution in [0.2, 0.25) is 0 Å². The molecule has 2 rings (SSSR count). The molecule has 3 N–H and O–H groups in total. The highest BCUT2D eigenvalue weighted by Crippen LogP contribution is 2.19. The van der Waals surface area contributed by atoms with Crippen molar-refractivity contribution in [2.24, 2.45) is 5.73 Å². The summed E-state index contributed by atoms with van der Waals surface area (Å²) in [5.74, 6) is 0.600. The van der Waals surface area contributed by atoms with Gasteiger partial charge in [-0.25, -0.2) is 4.98 Å². The minimum atomic E-state index is 0.0230. The topological polar surface area (TPSA) is 74.7 Å². The molecule has 2 aromatic rings. The number of nitrogens with one attached hydrogen (secondary N) is 1. The average Bonchev–Trinajstić information content (AvgIpc) is 2.35. The Balaban J connectivity index is 2.43. The normalized spacial score (nSPS) is 12.1. The quantitative estimate of drug-likeness (QED) is 0.837. The molecule has 4 nitrogen and oxygen atoms in total. The van der Waals surface area contributed by atoms with Gasteiger partial charge >= 0.3 is 0 Å². The summed E-state index contributed by atoms with van der Waals surface area (Å²) >= 11 is 0. The Labute approximate surface area is 100 Å². The molecule has 17 heavy (non-hydrogen) atoms. The van der Waals surface area contributed by atoms with Crippen LogP contribution < -0.4 is 11.1 Å². The smallest absolute Gasteiger partial charge is 0.144 e. The zero-order chi connectivity index (χ0) is 12.3. The number of benzene rings is 1. The number of nitriles is 1. The van der Waals surface area contributed by atoms with E-state index in [-0.39, 0.29) is 6.04 Å². The molecule has 0 radical (unpaired) electrons. The van der Waals surface area contributed by atoms with Crippen molar-refractivity contribution >= 4 is 16.7 Å². The van der Waals surface area contributed by atoms with Gasteiger partial charge in [-0.15, -0.1) is 0 Å². The largest absolute Gasteiger partial charge is 0.367 e. The molecule has 0 aliphatic rings. The molecule has 1 unspecified atom stereocenters. The van der Waals surface area contributed by atoms with Crippen molar-refractivity contribution in [3.8, 4) is 6.07 Å². The van der Waals surface area contributed by atoms with E-state index in [1.807, 2.05) is 37.3 Å². The van der Waals surface area contributed by atoms with Gasteiger partial charge in [0.2, 0.25) is 0 Å². The molecule has 0 aliphatic heterocycles.